The van der Waals surface area contributed by atoms with E-state index in [1.165, 1.54) is 0 Å². The first kappa shape index (κ1) is 10.1. The largest absolute Gasteiger partial charge is 0.452 e. The van der Waals surface area contributed by atoms with Gasteiger partial charge in [0.15, 0.2) is 0 Å². The fourth-order valence-corrected chi connectivity index (χ4v) is 2.67. The zero-order valence-electron chi connectivity index (χ0n) is 8.39. The van der Waals surface area contributed by atoms with Gasteiger partial charge in [0.2, 0.25) is 0 Å². The molecule has 0 spiro atoms. The Balaban J connectivity index is 2.17. The highest BCUT2D eigenvalue weighted by atomic mass is 127. The molecule has 0 aromatic heterocycles. The number of fused-ring (bicyclic) bond motifs is 2. The van der Waals surface area contributed by atoms with Crippen molar-refractivity contribution < 1.29 is 9.53 Å². The van der Waals surface area contributed by atoms with E-state index in [4.69, 9.17) is 4.74 Å². The number of hydrogen-bond donors (Lipinski definition) is 0. The Hall–Kier alpha value is -1.10. The molecule has 0 fully saturated rings. The molecule has 2 atom stereocenters. The van der Waals surface area contributed by atoms with Gasteiger partial charge in [-0.1, -0.05) is 30.4 Å². The highest BCUT2D eigenvalue weighted by Crippen LogP contribution is 2.36. The van der Waals surface area contributed by atoms with E-state index in [2.05, 4.69) is 28.7 Å². The average Bonchev–Trinajstić information content (AvgIpc) is 2.29. The predicted octanol–water partition coefficient (Wildman–Crippen LogP) is 2.84. The van der Waals surface area contributed by atoms with E-state index in [0.717, 1.165) is 14.7 Å². The molecule has 0 amide bonds. The van der Waals surface area contributed by atoms with Gasteiger partial charge in [-0.15, -0.1) is 0 Å². The number of allylic oxidation sites excluding steroid dienone is 5. The highest BCUT2D eigenvalue weighted by molar-refractivity contribution is 14.1. The molecule has 1 heterocycles. The number of ether oxygens (including phenoxy) is 1. The van der Waals surface area contributed by atoms with Crippen molar-refractivity contribution in [3.8, 4) is 0 Å². The molecule has 3 aliphatic rings. The van der Waals surface area contributed by atoms with Crippen molar-refractivity contribution in [1.82, 2.24) is 0 Å². The lowest BCUT2D eigenvalue weighted by atomic mass is 9.84. The van der Waals surface area contributed by atoms with E-state index >= 15 is 0 Å². The van der Waals surface area contributed by atoms with Gasteiger partial charge in [0.05, 0.1) is 0 Å². The molecule has 2 aliphatic carbocycles. The summed E-state index contributed by atoms with van der Waals surface area (Å²) >= 11 is 2.26. The van der Waals surface area contributed by atoms with Gasteiger partial charge >= 0.3 is 5.97 Å². The van der Waals surface area contributed by atoms with Crippen LogP contribution in [0.4, 0.5) is 0 Å². The predicted molar refractivity (Wildman–Crippen MR) is 69.9 cm³/mol. The van der Waals surface area contributed by atoms with Gasteiger partial charge in [0, 0.05) is 9.15 Å². The molecule has 2 nitrogen and oxygen atoms in total. The van der Waals surface area contributed by atoms with Gasteiger partial charge in [-0.3, -0.25) is 4.79 Å². The van der Waals surface area contributed by atoms with Gasteiger partial charge in [-0.2, -0.15) is 0 Å². The second kappa shape index (κ2) is 3.73. The second-order valence-corrected chi connectivity index (χ2v) is 5.12. The molecule has 3 rings (SSSR count). The van der Waals surface area contributed by atoms with Crippen molar-refractivity contribution in [3.05, 3.63) is 57.3 Å². The normalized spacial score (nSPS) is 30.8. The highest BCUT2D eigenvalue weighted by Gasteiger charge is 2.34. The first-order valence-corrected chi connectivity index (χ1v) is 6.18. The maximum absolute atomic E-state index is 11.8. The van der Waals surface area contributed by atoms with Crippen LogP contribution >= 0.6 is 22.6 Å². The molecule has 0 N–H and O–H groups in total. The van der Waals surface area contributed by atoms with Crippen molar-refractivity contribution in [2.24, 2.45) is 5.92 Å². The molecule has 0 aromatic carbocycles. The molecule has 1 aliphatic heterocycles. The van der Waals surface area contributed by atoms with Crippen LogP contribution in [0.2, 0.25) is 0 Å². The summed E-state index contributed by atoms with van der Waals surface area (Å²) in [5.41, 5.74) is 2.18. The maximum atomic E-state index is 11.8. The summed E-state index contributed by atoms with van der Waals surface area (Å²) in [6, 6.07) is 0. The quantitative estimate of drug-likeness (QED) is 0.506. The van der Waals surface area contributed by atoms with Crippen molar-refractivity contribution in [2.75, 3.05) is 0 Å². The molecule has 16 heavy (non-hydrogen) atoms. The number of hydrogen-bond acceptors (Lipinski definition) is 2. The summed E-state index contributed by atoms with van der Waals surface area (Å²) in [7, 11) is 0. The second-order valence-electron chi connectivity index (χ2n) is 3.88. The van der Waals surface area contributed by atoms with Crippen molar-refractivity contribution in [2.45, 2.75) is 6.10 Å². The van der Waals surface area contributed by atoms with Crippen LogP contribution in [-0.2, 0) is 9.53 Å². The standard InChI is InChI=1S/C13H9IO2/c14-8-5-6-10-11(7-8)9-3-1-2-4-12(9)16-13(10)15/h1-7,10,12H. The maximum Gasteiger partial charge on any atom is 0.318 e. The third kappa shape index (κ3) is 1.50. The molecule has 3 heteroatoms. The Morgan fingerprint density at radius 1 is 1.12 bits per heavy atom. The molecule has 0 bridgehead atoms. The molecule has 0 aromatic rings. The molecule has 2 unspecified atom stereocenters. The minimum Gasteiger partial charge on any atom is -0.452 e. The Kier molecular flexibility index (Phi) is 2.35. The van der Waals surface area contributed by atoms with Crippen LogP contribution in [0.1, 0.15) is 0 Å². The Labute approximate surface area is 107 Å². The Morgan fingerprint density at radius 3 is 2.88 bits per heavy atom. The number of carbonyl (C=O) groups is 1. The summed E-state index contributed by atoms with van der Waals surface area (Å²) in [6.45, 7) is 0. The van der Waals surface area contributed by atoms with Crippen LogP contribution < -0.4 is 0 Å². The lowest BCUT2D eigenvalue weighted by molar-refractivity contribution is -0.148. The third-order valence-corrected chi connectivity index (χ3v) is 3.56. The van der Waals surface area contributed by atoms with Crippen LogP contribution in [0.3, 0.4) is 0 Å². The smallest absolute Gasteiger partial charge is 0.318 e. The summed E-state index contributed by atoms with van der Waals surface area (Å²) in [6.07, 6.45) is 13.6. The van der Waals surface area contributed by atoms with Crippen LogP contribution in [0, 0.1) is 5.92 Å². The number of carbonyl (C=O) groups excluding carboxylic acids is 1. The zero-order valence-corrected chi connectivity index (χ0v) is 10.5. The van der Waals surface area contributed by atoms with E-state index in [1.54, 1.807) is 0 Å². The third-order valence-electron chi connectivity index (χ3n) is 2.89. The van der Waals surface area contributed by atoms with Gasteiger partial charge < -0.3 is 4.74 Å². The summed E-state index contributed by atoms with van der Waals surface area (Å²) in [4.78, 5) is 11.8. The minimum atomic E-state index is -0.221. The van der Waals surface area contributed by atoms with Crippen LogP contribution in [0.25, 0.3) is 0 Å². The molecule has 0 saturated heterocycles. The Bertz CT molecular complexity index is 506. The fourth-order valence-electron chi connectivity index (χ4n) is 2.13. The topological polar surface area (TPSA) is 26.3 Å². The van der Waals surface area contributed by atoms with E-state index in [9.17, 15) is 4.79 Å². The Morgan fingerprint density at radius 2 is 2.00 bits per heavy atom. The van der Waals surface area contributed by atoms with E-state index in [-0.39, 0.29) is 18.0 Å². The van der Waals surface area contributed by atoms with Crippen molar-refractivity contribution in [1.29, 1.82) is 0 Å². The molecular formula is C13H9IO2. The monoisotopic (exact) mass is 324 g/mol. The fraction of sp³-hybridized carbons (Fsp3) is 0.154. The number of esters is 1. The van der Waals surface area contributed by atoms with Crippen molar-refractivity contribution in [3.63, 3.8) is 0 Å². The van der Waals surface area contributed by atoms with Gasteiger partial charge in [-0.25, -0.2) is 0 Å². The summed E-state index contributed by atoms with van der Waals surface area (Å²) < 4.78 is 6.52. The molecule has 0 saturated carbocycles. The zero-order chi connectivity index (χ0) is 11.1. The first-order valence-electron chi connectivity index (χ1n) is 5.10. The van der Waals surface area contributed by atoms with Crippen LogP contribution in [0.5, 0.6) is 0 Å². The van der Waals surface area contributed by atoms with E-state index in [1.807, 2.05) is 36.5 Å². The van der Waals surface area contributed by atoms with Crippen LogP contribution in [0.15, 0.2) is 57.3 Å². The average molecular weight is 324 g/mol. The lowest BCUT2D eigenvalue weighted by Gasteiger charge is -2.30. The molecule has 0 radical (unpaired) electrons. The van der Waals surface area contributed by atoms with Crippen molar-refractivity contribution >= 4 is 28.6 Å². The first-order chi connectivity index (χ1) is 7.75. The van der Waals surface area contributed by atoms with Crippen LogP contribution in [-0.4, -0.2) is 12.1 Å². The summed E-state index contributed by atoms with van der Waals surface area (Å²) in [5, 5.41) is 0. The van der Waals surface area contributed by atoms with Gasteiger partial charge in [-0.05, 0) is 40.3 Å². The SMILES string of the molecule is O=C1OC2C=CC=CC2=C2C=C(I)C=CC12. The summed E-state index contributed by atoms with van der Waals surface area (Å²) in [5.74, 6) is -0.374. The van der Waals surface area contributed by atoms with Gasteiger partial charge in [0.25, 0.3) is 0 Å². The van der Waals surface area contributed by atoms with E-state index < -0.39 is 0 Å². The van der Waals surface area contributed by atoms with Gasteiger partial charge in [0.1, 0.15) is 12.0 Å². The molecule has 80 valence electrons. The minimum absolute atomic E-state index is 0.153. The lowest BCUT2D eigenvalue weighted by Crippen LogP contribution is -2.32. The molecular weight excluding hydrogens is 315 g/mol. The number of halogens is 1. The van der Waals surface area contributed by atoms with E-state index in [0.29, 0.717) is 0 Å². The number of rotatable bonds is 0.